The van der Waals surface area contributed by atoms with Crippen molar-refractivity contribution in [2.24, 2.45) is 4.99 Å². The van der Waals surface area contributed by atoms with Crippen LogP contribution < -0.4 is 20.1 Å². The molecule has 0 saturated heterocycles. The molecule has 0 fully saturated rings. The third kappa shape index (κ3) is 6.80. The predicted molar refractivity (Wildman–Crippen MR) is 118 cm³/mol. The fourth-order valence-electron chi connectivity index (χ4n) is 2.62. The van der Waals surface area contributed by atoms with Crippen molar-refractivity contribution in [3.05, 3.63) is 70.5 Å². The zero-order valence-electron chi connectivity index (χ0n) is 16.7. The summed E-state index contributed by atoms with van der Waals surface area (Å²) in [6.45, 7) is 4.26. The number of thiophene rings is 1. The number of hydrogen-bond acceptors (Lipinski definition) is 5. The number of aromatic nitrogens is 1. The van der Waals surface area contributed by atoms with Gasteiger partial charge in [-0.2, -0.15) is 0 Å². The maximum Gasteiger partial charge on any atom is 0.219 e. The van der Waals surface area contributed by atoms with E-state index in [-0.39, 0.29) is 0 Å². The van der Waals surface area contributed by atoms with Gasteiger partial charge in [-0.1, -0.05) is 18.2 Å². The Balaban J connectivity index is 1.53. The molecule has 0 saturated carbocycles. The van der Waals surface area contributed by atoms with E-state index in [1.807, 2.05) is 36.4 Å². The zero-order valence-corrected chi connectivity index (χ0v) is 17.5. The first-order valence-corrected chi connectivity index (χ1v) is 10.5. The fraction of sp³-hybridized carbons (Fsp3) is 0.273. The van der Waals surface area contributed by atoms with Crippen molar-refractivity contribution in [2.75, 3.05) is 20.2 Å². The molecule has 152 valence electrons. The molecule has 0 radical (unpaired) electrons. The van der Waals surface area contributed by atoms with Crippen LogP contribution >= 0.6 is 11.3 Å². The summed E-state index contributed by atoms with van der Waals surface area (Å²) in [6, 6.07) is 15.5. The van der Waals surface area contributed by atoms with Crippen LogP contribution in [0.2, 0.25) is 0 Å². The summed E-state index contributed by atoms with van der Waals surface area (Å²) in [7, 11) is 1.63. The molecule has 0 aliphatic rings. The monoisotopic (exact) mass is 410 g/mol. The maximum atomic E-state index is 5.78. The van der Waals surface area contributed by atoms with E-state index in [2.05, 4.69) is 45.0 Å². The molecule has 2 aromatic heterocycles. The maximum absolute atomic E-state index is 5.78. The summed E-state index contributed by atoms with van der Waals surface area (Å²) in [5, 5.41) is 8.75. The normalized spacial score (nSPS) is 11.2. The number of hydrogen-bond donors (Lipinski definition) is 2. The Morgan fingerprint density at radius 3 is 2.72 bits per heavy atom. The molecule has 1 aromatic carbocycles. The highest BCUT2D eigenvalue weighted by Gasteiger charge is 2.02. The molecule has 0 atom stereocenters. The molecule has 2 N–H and O–H groups in total. The first-order chi connectivity index (χ1) is 14.3. The highest BCUT2D eigenvalue weighted by Crippen LogP contribution is 2.23. The summed E-state index contributed by atoms with van der Waals surface area (Å²) in [6.07, 6.45) is 2.77. The number of nitrogens with one attached hydrogen (secondary N) is 2. The van der Waals surface area contributed by atoms with E-state index in [0.717, 1.165) is 36.8 Å². The van der Waals surface area contributed by atoms with E-state index in [1.54, 1.807) is 24.6 Å². The zero-order chi connectivity index (χ0) is 20.3. The van der Waals surface area contributed by atoms with Crippen LogP contribution in [-0.2, 0) is 13.0 Å². The Bertz CT molecular complexity index is 895. The lowest BCUT2D eigenvalue weighted by atomic mass is 10.3. The second-order valence-corrected chi connectivity index (χ2v) is 7.27. The van der Waals surface area contributed by atoms with Crippen LogP contribution in [0.4, 0.5) is 0 Å². The molecule has 29 heavy (non-hydrogen) atoms. The van der Waals surface area contributed by atoms with Crippen LogP contribution in [0.5, 0.6) is 17.4 Å². The van der Waals surface area contributed by atoms with E-state index in [1.165, 1.54) is 4.88 Å². The SMILES string of the molecule is CCNC(=NCc1ccc(Oc2cccc(OC)c2)nc1)NCCc1cccs1. The third-order valence-electron chi connectivity index (χ3n) is 4.07. The smallest absolute Gasteiger partial charge is 0.219 e. The molecule has 3 aromatic rings. The lowest BCUT2D eigenvalue weighted by molar-refractivity contribution is 0.407. The molecular formula is C22H26N4O2S. The Morgan fingerprint density at radius 2 is 2.00 bits per heavy atom. The van der Waals surface area contributed by atoms with Gasteiger partial charge in [0.2, 0.25) is 5.88 Å². The van der Waals surface area contributed by atoms with Gasteiger partial charge in [-0.15, -0.1) is 11.3 Å². The van der Waals surface area contributed by atoms with Crippen LogP contribution in [0.1, 0.15) is 17.4 Å². The lowest BCUT2D eigenvalue weighted by Crippen LogP contribution is -2.38. The van der Waals surface area contributed by atoms with Gasteiger partial charge >= 0.3 is 0 Å². The van der Waals surface area contributed by atoms with Crippen LogP contribution in [0.3, 0.4) is 0 Å². The van der Waals surface area contributed by atoms with Gasteiger partial charge in [0.15, 0.2) is 5.96 Å². The van der Waals surface area contributed by atoms with Gasteiger partial charge in [-0.25, -0.2) is 9.98 Å². The highest BCUT2D eigenvalue weighted by molar-refractivity contribution is 7.09. The Morgan fingerprint density at radius 1 is 1.10 bits per heavy atom. The van der Waals surface area contributed by atoms with Crippen molar-refractivity contribution in [3.8, 4) is 17.4 Å². The molecule has 6 nitrogen and oxygen atoms in total. The number of aliphatic imine (C=N–C) groups is 1. The molecule has 2 heterocycles. The van der Waals surface area contributed by atoms with Crippen molar-refractivity contribution in [1.82, 2.24) is 15.6 Å². The van der Waals surface area contributed by atoms with Crippen molar-refractivity contribution in [1.29, 1.82) is 0 Å². The number of benzene rings is 1. The minimum absolute atomic E-state index is 0.534. The largest absolute Gasteiger partial charge is 0.497 e. The highest BCUT2D eigenvalue weighted by atomic mass is 32.1. The average molecular weight is 411 g/mol. The van der Waals surface area contributed by atoms with Gasteiger partial charge in [-0.3, -0.25) is 0 Å². The summed E-state index contributed by atoms with van der Waals surface area (Å²) >= 11 is 1.77. The van der Waals surface area contributed by atoms with Crippen molar-refractivity contribution in [2.45, 2.75) is 19.9 Å². The number of nitrogens with zero attached hydrogens (tertiary/aromatic N) is 2. The molecule has 0 bridgehead atoms. The minimum atomic E-state index is 0.534. The van der Waals surface area contributed by atoms with E-state index in [0.29, 0.717) is 18.2 Å². The second-order valence-electron chi connectivity index (χ2n) is 6.24. The molecule has 0 unspecified atom stereocenters. The number of guanidine groups is 1. The van der Waals surface area contributed by atoms with Crippen molar-refractivity contribution >= 4 is 17.3 Å². The number of pyridine rings is 1. The molecule has 0 aliphatic heterocycles. The Labute approximate surface area is 175 Å². The van der Waals surface area contributed by atoms with Crippen LogP contribution in [-0.4, -0.2) is 31.1 Å². The Kier molecular flexibility index (Phi) is 7.89. The third-order valence-corrected chi connectivity index (χ3v) is 5.01. The molecule has 0 spiro atoms. The van der Waals surface area contributed by atoms with Gasteiger partial charge in [0.25, 0.3) is 0 Å². The standard InChI is InChI=1S/C22H26N4O2S/c1-3-23-22(24-12-11-20-8-5-13-29-20)26-16-17-9-10-21(25-15-17)28-19-7-4-6-18(14-19)27-2/h4-10,13-15H,3,11-12,16H2,1-2H3,(H2,23,24,26). The molecule has 7 heteroatoms. The second kappa shape index (κ2) is 11.1. The van der Waals surface area contributed by atoms with Gasteiger partial charge in [0.05, 0.1) is 13.7 Å². The van der Waals surface area contributed by atoms with Gasteiger partial charge < -0.3 is 20.1 Å². The van der Waals surface area contributed by atoms with Gasteiger partial charge in [-0.05, 0) is 42.5 Å². The number of ether oxygens (including phenoxy) is 2. The fourth-order valence-corrected chi connectivity index (χ4v) is 3.33. The van der Waals surface area contributed by atoms with Crippen molar-refractivity contribution in [3.63, 3.8) is 0 Å². The van der Waals surface area contributed by atoms with E-state index < -0.39 is 0 Å². The van der Waals surface area contributed by atoms with E-state index >= 15 is 0 Å². The number of methoxy groups -OCH3 is 1. The minimum Gasteiger partial charge on any atom is -0.497 e. The summed E-state index contributed by atoms with van der Waals surface area (Å²) in [5.41, 5.74) is 1.01. The number of rotatable bonds is 9. The lowest BCUT2D eigenvalue weighted by Gasteiger charge is -2.11. The predicted octanol–water partition coefficient (Wildman–Crippen LogP) is 4.24. The van der Waals surface area contributed by atoms with E-state index in [9.17, 15) is 0 Å². The van der Waals surface area contributed by atoms with Gasteiger partial charge in [0.1, 0.15) is 11.5 Å². The molecule has 3 rings (SSSR count). The van der Waals surface area contributed by atoms with Gasteiger partial charge in [0, 0.05) is 36.3 Å². The topological polar surface area (TPSA) is 67.8 Å². The Hall–Kier alpha value is -3.06. The van der Waals surface area contributed by atoms with Crippen molar-refractivity contribution < 1.29 is 9.47 Å². The summed E-state index contributed by atoms with van der Waals surface area (Å²) in [4.78, 5) is 10.4. The quantitative estimate of drug-likeness (QED) is 0.408. The molecule has 0 amide bonds. The van der Waals surface area contributed by atoms with Crippen LogP contribution in [0, 0.1) is 0 Å². The average Bonchev–Trinajstić information content (AvgIpc) is 3.27. The first-order valence-electron chi connectivity index (χ1n) is 9.58. The van der Waals surface area contributed by atoms with E-state index in [4.69, 9.17) is 9.47 Å². The molecular weight excluding hydrogens is 384 g/mol. The van der Waals surface area contributed by atoms with Crippen LogP contribution in [0.25, 0.3) is 0 Å². The summed E-state index contributed by atoms with van der Waals surface area (Å²) in [5.74, 6) is 2.77. The van der Waals surface area contributed by atoms with Crippen LogP contribution in [0.15, 0.2) is 65.1 Å². The molecule has 0 aliphatic carbocycles. The summed E-state index contributed by atoms with van der Waals surface area (Å²) < 4.78 is 11.0. The first kappa shape index (κ1) is 20.7.